The highest BCUT2D eigenvalue weighted by Gasteiger charge is 2.21. The van der Waals surface area contributed by atoms with Crippen molar-refractivity contribution < 1.29 is 9.90 Å². The predicted octanol–water partition coefficient (Wildman–Crippen LogP) is 3.99. The van der Waals surface area contributed by atoms with Gasteiger partial charge in [-0.3, -0.25) is 0 Å². The number of hydrogen-bond donors (Lipinski definition) is 1. The summed E-state index contributed by atoms with van der Waals surface area (Å²) in [5.74, 6) is -0.348. The van der Waals surface area contributed by atoms with E-state index in [4.69, 9.17) is 0 Å². The second-order valence-corrected chi connectivity index (χ2v) is 6.82. The Morgan fingerprint density at radius 2 is 2.04 bits per heavy atom. The number of rotatable bonds is 6. The van der Waals surface area contributed by atoms with Gasteiger partial charge in [-0.1, -0.05) is 37.6 Å². The molecule has 1 aromatic carbocycles. The van der Waals surface area contributed by atoms with E-state index in [1.54, 1.807) is 6.07 Å². The number of carboxylic acids is 1. The molecule has 128 valence electrons. The minimum absolute atomic E-state index is 0.157. The number of carbonyl (C=O) groups is 1. The number of benzene rings is 1. The lowest BCUT2D eigenvalue weighted by Gasteiger charge is -2.32. The molecule has 4 nitrogen and oxygen atoms in total. The van der Waals surface area contributed by atoms with E-state index in [2.05, 4.69) is 22.9 Å². The summed E-state index contributed by atoms with van der Waals surface area (Å²) in [6.45, 7) is 5.75. The molecule has 2 aromatic rings. The highest BCUT2D eigenvalue weighted by atomic mass is 16.4. The number of nitrogens with zero attached hydrogens (tertiary/aromatic N) is 2. The molecule has 4 heteroatoms. The molecule has 0 bridgehead atoms. The van der Waals surface area contributed by atoms with Crippen LogP contribution in [0.5, 0.6) is 0 Å². The summed E-state index contributed by atoms with van der Waals surface area (Å²) in [6.07, 6.45) is 5.76. The molecule has 2 heterocycles. The summed E-state index contributed by atoms with van der Waals surface area (Å²) in [6, 6.07) is 9.65. The molecule has 1 aromatic heterocycles. The van der Waals surface area contributed by atoms with E-state index in [1.165, 1.54) is 32.2 Å². The van der Waals surface area contributed by atoms with Gasteiger partial charge in [0.15, 0.2) is 0 Å². The summed E-state index contributed by atoms with van der Waals surface area (Å²) < 4.78 is 0. The van der Waals surface area contributed by atoms with Crippen LogP contribution in [0.2, 0.25) is 0 Å². The Balaban J connectivity index is 1.74. The minimum Gasteiger partial charge on any atom is -0.477 e. The first kappa shape index (κ1) is 16.9. The van der Waals surface area contributed by atoms with Gasteiger partial charge in [0, 0.05) is 11.1 Å². The fourth-order valence-corrected chi connectivity index (χ4v) is 3.61. The number of aromatic carboxylic acids is 1. The first-order chi connectivity index (χ1) is 11.7. The first-order valence-electron chi connectivity index (χ1n) is 9.01. The lowest BCUT2D eigenvalue weighted by Crippen LogP contribution is -2.35. The van der Waals surface area contributed by atoms with Gasteiger partial charge in [-0.05, 0) is 62.7 Å². The van der Waals surface area contributed by atoms with E-state index in [9.17, 15) is 9.90 Å². The van der Waals surface area contributed by atoms with E-state index in [0.717, 1.165) is 36.0 Å². The quantitative estimate of drug-likeness (QED) is 0.872. The number of fused-ring (bicyclic) bond motifs is 1. The normalized spacial score (nSPS) is 16.5. The lowest BCUT2D eigenvalue weighted by molar-refractivity contribution is 0.0690. The van der Waals surface area contributed by atoms with E-state index >= 15 is 0 Å². The molecule has 0 unspecified atom stereocenters. The standard InChI is InChI=1S/C20H26N2O2/c1-2-3-10-22-11-8-15(9-12-22)13-18-17-7-5-4-6-16(17)14-19(21-18)20(23)24/h4-7,14-15H,2-3,8-13H2,1H3,(H,23,24). The van der Waals surface area contributed by atoms with Crippen molar-refractivity contribution in [2.45, 2.75) is 39.0 Å². The topological polar surface area (TPSA) is 53.4 Å². The highest BCUT2D eigenvalue weighted by Crippen LogP contribution is 2.26. The molecule has 0 aliphatic carbocycles. The maximum atomic E-state index is 11.4. The molecule has 1 aliphatic heterocycles. The lowest BCUT2D eigenvalue weighted by atomic mass is 9.90. The average molecular weight is 326 g/mol. The van der Waals surface area contributed by atoms with Crippen LogP contribution in [-0.2, 0) is 6.42 Å². The number of hydrogen-bond acceptors (Lipinski definition) is 3. The number of pyridine rings is 1. The van der Waals surface area contributed by atoms with Crippen molar-refractivity contribution in [1.29, 1.82) is 0 Å². The van der Waals surface area contributed by atoms with Crippen LogP contribution < -0.4 is 0 Å². The molecular weight excluding hydrogens is 300 g/mol. The largest absolute Gasteiger partial charge is 0.477 e. The van der Waals surface area contributed by atoms with Crippen LogP contribution in [-0.4, -0.2) is 40.6 Å². The van der Waals surface area contributed by atoms with Gasteiger partial charge in [0.2, 0.25) is 0 Å². The third-order valence-corrected chi connectivity index (χ3v) is 5.06. The van der Waals surface area contributed by atoms with Gasteiger partial charge in [-0.15, -0.1) is 0 Å². The molecule has 1 saturated heterocycles. The van der Waals surface area contributed by atoms with E-state index in [0.29, 0.717) is 5.92 Å². The van der Waals surface area contributed by atoms with Gasteiger partial charge in [0.05, 0.1) is 0 Å². The molecule has 0 atom stereocenters. The minimum atomic E-state index is -0.948. The Bertz CT molecular complexity index is 706. The van der Waals surface area contributed by atoms with Crippen molar-refractivity contribution in [2.24, 2.45) is 5.92 Å². The van der Waals surface area contributed by atoms with Crippen molar-refractivity contribution in [1.82, 2.24) is 9.88 Å². The fourth-order valence-electron chi connectivity index (χ4n) is 3.61. The second-order valence-electron chi connectivity index (χ2n) is 6.82. The SMILES string of the molecule is CCCCN1CCC(Cc2nc(C(=O)O)cc3ccccc23)CC1. The van der Waals surface area contributed by atoms with Crippen LogP contribution in [0.15, 0.2) is 30.3 Å². The van der Waals surface area contributed by atoms with Gasteiger partial charge >= 0.3 is 5.97 Å². The van der Waals surface area contributed by atoms with Crippen LogP contribution in [0.4, 0.5) is 0 Å². The highest BCUT2D eigenvalue weighted by molar-refractivity contribution is 5.93. The van der Waals surface area contributed by atoms with Crippen molar-refractivity contribution in [3.8, 4) is 0 Å². The van der Waals surface area contributed by atoms with Crippen LogP contribution in [0.25, 0.3) is 10.8 Å². The van der Waals surface area contributed by atoms with E-state index in [1.807, 2.05) is 18.2 Å². The molecule has 0 radical (unpaired) electrons. The maximum Gasteiger partial charge on any atom is 0.354 e. The zero-order valence-corrected chi connectivity index (χ0v) is 14.4. The second kappa shape index (κ2) is 7.75. The van der Waals surface area contributed by atoms with Crippen molar-refractivity contribution >= 4 is 16.7 Å². The number of piperidine rings is 1. The van der Waals surface area contributed by atoms with Crippen molar-refractivity contribution in [3.63, 3.8) is 0 Å². The molecule has 1 aliphatic rings. The molecule has 3 rings (SSSR count). The summed E-state index contributed by atoms with van der Waals surface area (Å²) in [5, 5.41) is 11.4. The Hall–Kier alpha value is -1.94. The molecule has 0 spiro atoms. The Kier molecular flexibility index (Phi) is 5.46. The maximum absolute atomic E-state index is 11.4. The van der Waals surface area contributed by atoms with Crippen LogP contribution in [0, 0.1) is 5.92 Å². The monoisotopic (exact) mass is 326 g/mol. The van der Waals surface area contributed by atoms with Gasteiger partial charge in [0.1, 0.15) is 5.69 Å². The predicted molar refractivity (Wildman–Crippen MR) is 96.5 cm³/mol. The number of unbranched alkanes of at least 4 members (excludes halogenated alkanes) is 1. The summed E-state index contributed by atoms with van der Waals surface area (Å²) in [5.41, 5.74) is 1.10. The van der Waals surface area contributed by atoms with E-state index in [-0.39, 0.29) is 5.69 Å². The summed E-state index contributed by atoms with van der Waals surface area (Å²) in [4.78, 5) is 18.4. The third-order valence-electron chi connectivity index (χ3n) is 5.06. The molecule has 1 fully saturated rings. The van der Waals surface area contributed by atoms with Crippen molar-refractivity contribution in [2.75, 3.05) is 19.6 Å². The number of aromatic nitrogens is 1. The molecule has 0 amide bonds. The first-order valence-corrected chi connectivity index (χ1v) is 9.01. The van der Waals surface area contributed by atoms with Gasteiger partial charge in [0.25, 0.3) is 0 Å². The van der Waals surface area contributed by atoms with Gasteiger partial charge in [-0.25, -0.2) is 9.78 Å². The zero-order chi connectivity index (χ0) is 16.9. The zero-order valence-electron chi connectivity index (χ0n) is 14.4. The smallest absolute Gasteiger partial charge is 0.354 e. The summed E-state index contributed by atoms with van der Waals surface area (Å²) in [7, 11) is 0. The Labute approximate surface area is 143 Å². The van der Waals surface area contributed by atoms with Crippen molar-refractivity contribution in [3.05, 3.63) is 41.7 Å². The van der Waals surface area contributed by atoms with Gasteiger partial charge in [-0.2, -0.15) is 0 Å². The third kappa shape index (κ3) is 3.93. The number of likely N-dealkylation sites (tertiary alicyclic amines) is 1. The molecule has 0 saturated carbocycles. The summed E-state index contributed by atoms with van der Waals surface area (Å²) >= 11 is 0. The Morgan fingerprint density at radius 3 is 2.75 bits per heavy atom. The van der Waals surface area contributed by atoms with Gasteiger partial charge < -0.3 is 10.0 Å². The van der Waals surface area contributed by atoms with Crippen LogP contribution in [0.1, 0.15) is 48.8 Å². The Morgan fingerprint density at radius 1 is 1.29 bits per heavy atom. The molecular formula is C20H26N2O2. The van der Waals surface area contributed by atoms with Crippen LogP contribution >= 0.6 is 0 Å². The molecule has 24 heavy (non-hydrogen) atoms. The molecule has 1 N–H and O–H groups in total. The van der Waals surface area contributed by atoms with Crippen LogP contribution in [0.3, 0.4) is 0 Å². The fraction of sp³-hybridized carbons (Fsp3) is 0.500. The number of carboxylic acid groups (broad SMARTS) is 1. The van der Waals surface area contributed by atoms with E-state index < -0.39 is 5.97 Å². The average Bonchev–Trinajstić information content (AvgIpc) is 2.61.